The minimum absolute atomic E-state index is 0.112. The molecule has 2 N–H and O–H groups in total. The summed E-state index contributed by atoms with van der Waals surface area (Å²) in [6, 6.07) is 3.74. The molecule has 2 saturated heterocycles. The second-order valence-corrected chi connectivity index (χ2v) is 6.78. The summed E-state index contributed by atoms with van der Waals surface area (Å²) in [7, 11) is 0. The molecule has 2 fully saturated rings. The number of nitrogens with zero attached hydrogens (tertiary/aromatic N) is 2. The van der Waals surface area contributed by atoms with E-state index in [4.69, 9.17) is 0 Å². The third kappa shape index (κ3) is 2.50. The van der Waals surface area contributed by atoms with Crippen molar-refractivity contribution in [3.8, 4) is 10.7 Å². The zero-order valence-electron chi connectivity index (χ0n) is 11.8. The molecule has 0 aliphatic carbocycles. The van der Waals surface area contributed by atoms with Crippen molar-refractivity contribution in [1.29, 1.82) is 0 Å². The van der Waals surface area contributed by atoms with E-state index in [0.29, 0.717) is 27.7 Å². The highest BCUT2D eigenvalue weighted by Gasteiger charge is 2.39. The number of hydrogen-bond donors (Lipinski definition) is 2. The number of halogens is 1. The molecule has 4 heterocycles. The van der Waals surface area contributed by atoms with E-state index in [9.17, 15) is 9.18 Å². The highest BCUT2D eigenvalue weighted by molar-refractivity contribution is 7.16. The van der Waals surface area contributed by atoms with Gasteiger partial charge in [-0.2, -0.15) is 0 Å². The van der Waals surface area contributed by atoms with Gasteiger partial charge in [0.1, 0.15) is 21.4 Å². The van der Waals surface area contributed by atoms with E-state index in [1.54, 1.807) is 0 Å². The molecule has 2 aliphatic heterocycles. The van der Waals surface area contributed by atoms with Crippen LogP contribution in [0.15, 0.2) is 24.5 Å². The van der Waals surface area contributed by atoms with Gasteiger partial charge in [-0.3, -0.25) is 9.78 Å². The molecule has 4 rings (SSSR count). The van der Waals surface area contributed by atoms with Crippen LogP contribution in [0.3, 0.4) is 0 Å². The third-order valence-corrected chi connectivity index (χ3v) is 5.31. The lowest BCUT2D eigenvalue weighted by atomic mass is 9.95. The monoisotopic (exact) mass is 318 g/mol. The average molecular weight is 318 g/mol. The molecule has 2 bridgehead atoms. The predicted octanol–water partition coefficient (Wildman–Crippen LogP) is 1.97. The molecule has 2 aromatic rings. The SMILES string of the molecule is O=C(N[C@@H]1C[C@H]2CC[C@@H]1N2)c1cnc(-c2cc(F)ccn2)s1. The largest absolute Gasteiger partial charge is 0.347 e. The van der Waals surface area contributed by atoms with Crippen molar-refractivity contribution in [3.63, 3.8) is 0 Å². The van der Waals surface area contributed by atoms with Crippen molar-refractivity contribution in [2.45, 2.75) is 37.4 Å². The van der Waals surface area contributed by atoms with E-state index in [1.165, 1.54) is 42.3 Å². The van der Waals surface area contributed by atoms with Gasteiger partial charge in [0, 0.05) is 30.4 Å². The second kappa shape index (κ2) is 5.40. The molecule has 2 aliphatic rings. The maximum Gasteiger partial charge on any atom is 0.263 e. The standard InChI is InChI=1S/C15H15FN4OS/c16-8-3-4-17-12(5-8)15-18-7-13(22-15)14(21)20-11-6-9-1-2-10(11)19-9/h3-5,7,9-11,19H,1-2,6H2,(H,20,21)/t9-,10+,11-/m1/s1. The fourth-order valence-electron chi connectivity index (χ4n) is 3.24. The van der Waals surface area contributed by atoms with E-state index < -0.39 is 0 Å². The molecule has 22 heavy (non-hydrogen) atoms. The number of carbonyl (C=O) groups excluding carboxylic acids is 1. The number of fused-ring (bicyclic) bond motifs is 2. The smallest absolute Gasteiger partial charge is 0.263 e. The topological polar surface area (TPSA) is 66.9 Å². The predicted molar refractivity (Wildman–Crippen MR) is 81.1 cm³/mol. The number of amides is 1. The minimum atomic E-state index is -0.362. The number of rotatable bonds is 3. The molecule has 0 spiro atoms. The van der Waals surface area contributed by atoms with E-state index >= 15 is 0 Å². The molecule has 0 radical (unpaired) electrons. The number of thiazole rings is 1. The first kappa shape index (κ1) is 13.8. The number of carbonyl (C=O) groups is 1. The van der Waals surface area contributed by atoms with Crippen molar-refractivity contribution in [2.75, 3.05) is 0 Å². The summed E-state index contributed by atoms with van der Waals surface area (Å²) in [6.45, 7) is 0. The first-order valence-corrected chi connectivity index (χ1v) is 8.15. The van der Waals surface area contributed by atoms with Gasteiger partial charge in [0.15, 0.2) is 0 Å². The van der Waals surface area contributed by atoms with Crippen molar-refractivity contribution >= 4 is 17.2 Å². The molecule has 1 amide bonds. The van der Waals surface area contributed by atoms with Gasteiger partial charge < -0.3 is 10.6 Å². The van der Waals surface area contributed by atoms with Crippen LogP contribution in [0, 0.1) is 5.82 Å². The van der Waals surface area contributed by atoms with E-state index in [2.05, 4.69) is 20.6 Å². The first-order chi connectivity index (χ1) is 10.7. The van der Waals surface area contributed by atoms with E-state index in [0.717, 1.165) is 12.8 Å². The Bertz CT molecular complexity index is 719. The molecule has 3 atom stereocenters. The number of aromatic nitrogens is 2. The van der Waals surface area contributed by atoms with Crippen molar-refractivity contribution in [1.82, 2.24) is 20.6 Å². The summed E-state index contributed by atoms with van der Waals surface area (Å²) in [4.78, 5) is 21.1. The molecule has 0 aromatic carbocycles. The maximum atomic E-state index is 13.2. The normalized spacial score (nSPS) is 26.3. The average Bonchev–Trinajstić information content (AvgIpc) is 3.23. The molecule has 7 heteroatoms. The molecule has 0 saturated carbocycles. The van der Waals surface area contributed by atoms with Crippen LogP contribution >= 0.6 is 11.3 Å². The van der Waals surface area contributed by atoms with Crippen molar-refractivity contribution in [2.24, 2.45) is 0 Å². The molecular formula is C15H15FN4OS. The molecule has 114 valence electrons. The Morgan fingerprint density at radius 3 is 3.05 bits per heavy atom. The third-order valence-electron chi connectivity index (χ3n) is 4.29. The fraction of sp³-hybridized carbons (Fsp3) is 0.400. The highest BCUT2D eigenvalue weighted by atomic mass is 32.1. The van der Waals surface area contributed by atoms with Crippen LogP contribution in [-0.2, 0) is 0 Å². The molecule has 2 aromatic heterocycles. The Kier molecular flexibility index (Phi) is 3.38. The van der Waals surface area contributed by atoms with Crippen LogP contribution < -0.4 is 10.6 Å². The Hall–Kier alpha value is -1.86. The molecular weight excluding hydrogens is 303 g/mol. The number of hydrogen-bond acceptors (Lipinski definition) is 5. The Labute approximate surface area is 131 Å². The van der Waals surface area contributed by atoms with Gasteiger partial charge >= 0.3 is 0 Å². The highest BCUT2D eigenvalue weighted by Crippen LogP contribution is 2.29. The van der Waals surface area contributed by atoms with E-state index in [-0.39, 0.29) is 17.8 Å². The Balaban J connectivity index is 1.48. The summed E-state index contributed by atoms with van der Waals surface area (Å²) in [5, 5.41) is 7.12. The van der Waals surface area contributed by atoms with Crippen molar-refractivity contribution < 1.29 is 9.18 Å². The second-order valence-electron chi connectivity index (χ2n) is 5.75. The van der Waals surface area contributed by atoms with Crippen LogP contribution in [0.4, 0.5) is 4.39 Å². The molecule has 5 nitrogen and oxygen atoms in total. The van der Waals surface area contributed by atoms with E-state index in [1.807, 2.05) is 0 Å². The Morgan fingerprint density at radius 1 is 1.41 bits per heavy atom. The van der Waals surface area contributed by atoms with Crippen LogP contribution in [0.1, 0.15) is 28.9 Å². The van der Waals surface area contributed by atoms with Crippen LogP contribution in [0.2, 0.25) is 0 Å². The summed E-state index contributed by atoms with van der Waals surface area (Å²) in [6.07, 6.45) is 6.24. The van der Waals surface area contributed by atoms with Gasteiger partial charge in [0.2, 0.25) is 0 Å². The van der Waals surface area contributed by atoms with Gasteiger partial charge in [-0.05, 0) is 25.3 Å². The number of pyridine rings is 1. The van der Waals surface area contributed by atoms with Crippen LogP contribution in [0.5, 0.6) is 0 Å². The summed E-state index contributed by atoms with van der Waals surface area (Å²) >= 11 is 1.23. The minimum Gasteiger partial charge on any atom is -0.347 e. The van der Waals surface area contributed by atoms with Gasteiger partial charge in [-0.15, -0.1) is 11.3 Å². The lowest BCUT2D eigenvalue weighted by Gasteiger charge is -2.20. The maximum absolute atomic E-state index is 13.2. The van der Waals surface area contributed by atoms with Gasteiger partial charge in [-0.25, -0.2) is 9.37 Å². The number of nitrogens with one attached hydrogen (secondary N) is 2. The van der Waals surface area contributed by atoms with Gasteiger partial charge in [0.05, 0.1) is 6.20 Å². The van der Waals surface area contributed by atoms with Crippen molar-refractivity contribution in [3.05, 3.63) is 35.2 Å². The lowest BCUT2D eigenvalue weighted by Crippen LogP contribution is -2.42. The van der Waals surface area contributed by atoms with Crippen LogP contribution in [0.25, 0.3) is 10.7 Å². The van der Waals surface area contributed by atoms with Gasteiger partial charge in [0.25, 0.3) is 5.91 Å². The van der Waals surface area contributed by atoms with Crippen LogP contribution in [-0.4, -0.2) is 34.0 Å². The quantitative estimate of drug-likeness (QED) is 0.908. The summed E-state index contributed by atoms with van der Waals surface area (Å²) in [5.74, 6) is -0.473. The van der Waals surface area contributed by atoms with Gasteiger partial charge in [-0.1, -0.05) is 0 Å². The zero-order chi connectivity index (χ0) is 15.1. The first-order valence-electron chi connectivity index (χ1n) is 7.34. The zero-order valence-corrected chi connectivity index (χ0v) is 12.6. The summed E-state index contributed by atoms with van der Waals surface area (Å²) < 4.78 is 13.2. The molecule has 0 unspecified atom stereocenters. The summed E-state index contributed by atoms with van der Waals surface area (Å²) in [5.41, 5.74) is 0.450. The fourth-order valence-corrected chi connectivity index (χ4v) is 4.03. The Morgan fingerprint density at radius 2 is 2.32 bits per heavy atom. The lowest BCUT2D eigenvalue weighted by molar-refractivity contribution is 0.0935.